The molecule has 2 aromatic heterocycles. The van der Waals surface area contributed by atoms with Crippen molar-refractivity contribution in [2.75, 3.05) is 11.9 Å². The Kier molecular flexibility index (Phi) is 4.19. The van der Waals surface area contributed by atoms with Crippen LogP contribution in [0.5, 0.6) is 0 Å². The first kappa shape index (κ1) is 13.2. The molecule has 0 aliphatic rings. The van der Waals surface area contributed by atoms with Gasteiger partial charge in [-0.15, -0.1) is 11.3 Å². The van der Waals surface area contributed by atoms with Crippen LogP contribution in [0.3, 0.4) is 0 Å². The van der Waals surface area contributed by atoms with Gasteiger partial charge in [-0.2, -0.15) is 0 Å². The number of aryl methyl sites for hydroxylation is 1. The minimum Gasteiger partial charge on any atom is -0.452 e. The molecule has 0 unspecified atom stereocenters. The largest absolute Gasteiger partial charge is 0.452 e. The van der Waals surface area contributed by atoms with E-state index in [0.717, 1.165) is 5.69 Å². The Labute approximate surface area is 113 Å². The third-order valence-corrected chi connectivity index (χ3v) is 2.99. The first-order chi connectivity index (χ1) is 9.15. The van der Waals surface area contributed by atoms with Gasteiger partial charge in [-0.3, -0.25) is 15.1 Å². The van der Waals surface area contributed by atoms with Crippen LogP contribution < -0.4 is 5.32 Å². The van der Waals surface area contributed by atoms with Crippen LogP contribution in [-0.4, -0.2) is 28.5 Å². The summed E-state index contributed by atoms with van der Waals surface area (Å²) in [6.45, 7) is 1.48. The highest BCUT2D eigenvalue weighted by molar-refractivity contribution is 7.13. The summed E-state index contributed by atoms with van der Waals surface area (Å²) in [6.07, 6.45) is 2.96. The zero-order chi connectivity index (χ0) is 13.7. The minimum atomic E-state index is -0.562. The molecule has 0 aliphatic heterocycles. The number of ether oxygens (including phenoxy) is 1. The van der Waals surface area contributed by atoms with Gasteiger partial charge < -0.3 is 4.74 Å². The second-order valence-corrected chi connectivity index (χ2v) is 4.51. The first-order valence-electron chi connectivity index (χ1n) is 5.44. The summed E-state index contributed by atoms with van der Waals surface area (Å²) >= 11 is 1.32. The molecule has 0 radical (unpaired) electrons. The van der Waals surface area contributed by atoms with Gasteiger partial charge in [0.25, 0.3) is 5.91 Å². The van der Waals surface area contributed by atoms with Gasteiger partial charge in [0.2, 0.25) is 0 Å². The van der Waals surface area contributed by atoms with Gasteiger partial charge in [0, 0.05) is 17.8 Å². The van der Waals surface area contributed by atoms with Crippen molar-refractivity contribution in [3.8, 4) is 0 Å². The molecule has 0 aromatic carbocycles. The number of anilines is 1. The number of aromatic nitrogens is 2. The third kappa shape index (κ3) is 3.85. The average molecular weight is 277 g/mol. The molecule has 7 heteroatoms. The highest BCUT2D eigenvalue weighted by Gasteiger charge is 2.10. The Hall–Kier alpha value is -2.28. The molecule has 0 aliphatic carbocycles. The normalized spacial score (nSPS) is 9.95. The molecular formula is C12H11N3O3S. The average Bonchev–Trinajstić information content (AvgIpc) is 2.82. The van der Waals surface area contributed by atoms with Gasteiger partial charge in [0.15, 0.2) is 11.7 Å². The van der Waals surface area contributed by atoms with E-state index in [0.29, 0.717) is 10.7 Å². The summed E-state index contributed by atoms with van der Waals surface area (Å²) in [5.74, 6) is -0.982. The van der Waals surface area contributed by atoms with E-state index in [1.54, 1.807) is 0 Å². The third-order valence-electron chi connectivity index (χ3n) is 2.12. The van der Waals surface area contributed by atoms with Crippen LogP contribution in [0.1, 0.15) is 16.1 Å². The van der Waals surface area contributed by atoms with E-state index in [1.165, 1.54) is 35.9 Å². The fraction of sp³-hybridized carbons (Fsp3) is 0.167. The van der Waals surface area contributed by atoms with Crippen molar-refractivity contribution >= 4 is 28.3 Å². The molecule has 0 saturated heterocycles. The van der Waals surface area contributed by atoms with E-state index in [2.05, 4.69) is 15.3 Å². The second-order valence-electron chi connectivity index (χ2n) is 3.65. The van der Waals surface area contributed by atoms with Crippen molar-refractivity contribution in [2.45, 2.75) is 6.92 Å². The Morgan fingerprint density at radius 1 is 1.37 bits per heavy atom. The molecule has 1 N–H and O–H groups in total. The van der Waals surface area contributed by atoms with Gasteiger partial charge in [0.05, 0.1) is 11.3 Å². The molecule has 1 amide bonds. The van der Waals surface area contributed by atoms with E-state index < -0.39 is 11.9 Å². The van der Waals surface area contributed by atoms with Crippen LogP contribution in [0.4, 0.5) is 5.13 Å². The molecule has 2 rings (SSSR count). The number of hydrogen-bond donors (Lipinski definition) is 1. The van der Waals surface area contributed by atoms with E-state index >= 15 is 0 Å². The van der Waals surface area contributed by atoms with Crippen molar-refractivity contribution in [3.63, 3.8) is 0 Å². The lowest BCUT2D eigenvalue weighted by molar-refractivity contribution is -0.119. The maximum absolute atomic E-state index is 11.6. The Balaban J connectivity index is 1.82. The number of thiazole rings is 1. The topological polar surface area (TPSA) is 81.2 Å². The van der Waals surface area contributed by atoms with E-state index in [4.69, 9.17) is 4.74 Å². The Bertz CT molecular complexity index is 583. The molecule has 19 heavy (non-hydrogen) atoms. The van der Waals surface area contributed by atoms with E-state index in [1.807, 2.05) is 12.3 Å². The molecule has 2 aromatic rings. The lowest BCUT2D eigenvalue weighted by Gasteiger charge is -2.04. The van der Waals surface area contributed by atoms with Gasteiger partial charge in [-0.1, -0.05) is 0 Å². The molecule has 0 atom stereocenters. The molecule has 6 nitrogen and oxygen atoms in total. The number of esters is 1. The van der Waals surface area contributed by atoms with Gasteiger partial charge in [-0.05, 0) is 19.1 Å². The van der Waals surface area contributed by atoms with Gasteiger partial charge in [0.1, 0.15) is 0 Å². The molecule has 98 valence electrons. The van der Waals surface area contributed by atoms with Crippen molar-refractivity contribution < 1.29 is 14.3 Å². The number of rotatable bonds is 4. The lowest BCUT2D eigenvalue weighted by atomic mass is 10.3. The molecule has 0 spiro atoms. The zero-order valence-corrected chi connectivity index (χ0v) is 10.9. The van der Waals surface area contributed by atoms with E-state index in [-0.39, 0.29) is 6.61 Å². The predicted octanol–water partition coefficient (Wildman–Crippen LogP) is 1.64. The summed E-state index contributed by atoms with van der Waals surface area (Å²) in [6, 6.07) is 3.04. The molecular weight excluding hydrogens is 266 g/mol. The van der Waals surface area contributed by atoms with Crippen LogP contribution in [0.25, 0.3) is 0 Å². The monoisotopic (exact) mass is 277 g/mol. The SMILES string of the molecule is Cc1csc(NC(=O)COC(=O)c2ccncc2)n1. The lowest BCUT2D eigenvalue weighted by Crippen LogP contribution is -2.20. The van der Waals surface area contributed by atoms with Crippen molar-refractivity contribution in [2.24, 2.45) is 0 Å². The number of carbonyl (C=O) groups is 2. The number of nitrogens with zero attached hydrogens (tertiary/aromatic N) is 2. The number of carbonyl (C=O) groups excluding carboxylic acids is 2. The maximum atomic E-state index is 11.6. The summed E-state index contributed by atoms with van der Waals surface area (Å²) in [5, 5.41) is 4.85. The van der Waals surface area contributed by atoms with Crippen LogP contribution in [0, 0.1) is 6.92 Å². The smallest absolute Gasteiger partial charge is 0.338 e. The summed E-state index contributed by atoms with van der Waals surface area (Å²) < 4.78 is 4.87. The van der Waals surface area contributed by atoms with Gasteiger partial charge >= 0.3 is 5.97 Å². The maximum Gasteiger partial charge on any atom is 0.338 e. The summed E-state index contributed by atoms with van der Waals surface area (Å²) in [4.78, 5) is 30.9. The number of pyridine rings is 1. The van der Waals surface area contributed by atoms with Crippen molar-refractivity contribution in [1.29, 1.82) is 0 Å². The van der Waals surface area contributed by atoms with Crippen LogP contribution in [0.15, 0.2) is 29.9 Å². The zero-order valence-electron chi connectivity index (χ0n) is 10.1. The van der Waals surface area contributed by atoms with E-state index in [9.17, 15) is 9.59 Å². The highest BCUT2D eigenvalue weighted by Crippen LogP contribution is 2.14. The van der Waals surface area contributed by atoms with Crippen LogP contribution >= 0.6 is 11.3 Å². The Morgan fingerprint density at radius 3 is 2.74 bits per heavy atom. The summed E-state index contributed by atoms with van der Waals surface area (Å²) in [5.41, 5.74) is 1.18. The van der Waals surface area contributed by atoms with Gasteiger partial charge in [-0.25, -0.2) is 9.78 Å². The molecule has 0 fully saturated rings. The highest BCUT2D eigenvalue weighted by atomic mass is 32.1. The van der Waals surface area contributed by atoms with Crippen molar-refractivity contribution in [1.82, 2.24) is 9.97 Å². The molecule has 0 saturated carbocycles. The second kappa shape index (κ2) is 6.05. The number of amides is 1. The molecule has 0 bridgehead atoms. The van der Waals surface area contributed by atoms with Crippen LogP contribution in [0.2, 0.25) is 0 Å². The number of nitrogens with one attached hydrogen (secondary N) is 1. The fourth-order valence-electron chi connectivity index (χ4n) is 1.27. The van der Waals surface area contributed by atoms with Crippen LogP contribution in [-0.2, 0) is 9.53 Å². The standard InChI is InChI=1S/C12H11N3O3S/c1-8-7-19-12(14-8)15-10(16)6-18-11(17)9-2-4-13-5-3-9/h2-5,7H,6H2,1H3,(H,14,15,16). The van der Waals surface area contributed by atoms with Crippen molar-refractivity contribution in [3.05, 3.63) is 41.2 Å². The minimum absolute atomic E-state index is 0.347. The summed E-state index contributed by atoms with van der Waals surface area (Å²) in [7, 11) is 0. The predicted molar refractivity (Wildman–Crippen MR) is 70.0 cm³/mol. The molecule has 2 heterocycles. The Morgan fingerprint density at radius 2 is 2.11 bits per heavy atom. The number of hydrogen-bond acceptors (Lipinski definition) is 6. The first-order valence-corrected chi connectivity index (χ1v) is 6.32. The fourth-order valence-corrected chi connectivity index (χ4v) is 1.97. The quantitative estimate of drug-likeness (QED) is 0.859.